The highest BCUT2D eigenvalue weighted by Gasteiger charge is 2.36. The van der Waals surface area contributed by atoms with Gasteiger partial charge in [-0.15, -0.1) is 11.3 Å². The first-order valence-corrected chi connectivity index (χ1v) is 8.77. The van der Waals surface area contributed by atoms with E-state index in [1.165, 1.54) is 10.4 Å². The van der Waals surface area contributed by atoms with Crippen LogP contribution in [0.2, 0.25) is 0 Å². The predicted molar refractivity (Wildman–Crippen MR) is 84.7 cm³/mol. The van der Waals surface area contributed by atoms with Crippen molar-refractivity contribution in [2.45, 2.75) is 51.2 Å². The van der Waals surface area contributed by atoms with Crippen LogP contribution in [0, 0.1) is 6.92 Å². The molecule has 0 aromatic carbocycles. The number of piperidine rings is 1. The molecule has 0 radical (unpaired) electrons. The van der Waals surface area contributed by atoms with E-state index in [9.17, 15) is 9.90 Å². The maximum Gasteiger partial charge on any atom is 0.320 e. The molecule has 1 aromatic rings. The maximum atomic E-state index is 11.3. The number of nitrogens with zero attached hydrogens (tertiary/aromatic N) is 2. The van der Waals surface area contributed by atoms with Gasteiger partial charge in [0.05, 0.1) is 0 Å². The zero-order valence-corrected chi connectivity index (χ0v) is 13.4. The summed E-state index contributed by atoms with van der Waals surface area (Å²) >= 11 is 1.84. The molecular weight excluding hydrogens is 284 g/mol. The number of carboxylic acid groups (broad SMARTS) is 1. The molecule has 2 aliphatic rings. The molecular formula is C16H24N2O2S. The van der Waals surface area contributed by atoms with Crippen LogP contribution in [0.3, 0.4) is 0 Å². The summed E-state index contributed by atoms with van der Waals surface area (Å²) in [4.78, 5) is 17.5. The Hall–Kier alpha value is -0.910. The third kappa shape index (κ3) is 3.30. The number of thiophene rings is 1. The zero-order valence-electron chi connectivity index (χ0n) is 12.6. The average Bonchev–Trinajstić information content (AvgIpc) is 3.10. The first-order valence-electron chi connectivity index (χ1n) is 7.89. The van der Waals surface area contributed by atoms with Gasteiger partial charge in [-0.25, -0.2) is 0 Å². The minimum atomic E-state index is -0.635. The lowest BCUT2D eigenvalue weighted by Gasteiger charge is -2.38. The van der Waals surface area contributed by atoms with Gasteiger partial charge in [-0.2, -0.15) is 0 Å². The summed E-state index contributed by atoms with van der Waals surface area (Å²) in [5, 5.41) is 11.5. The number of carboxylic acids is 1. The van der Waals surface area contributed by atoms with Crippen LogP contribution in [0.25, 0.3) is 0 Å². The molecule has 2 saturated heterocycles. The number of likely N-dealkylation sites (tertiary alicyclic amines) is 2. The van der Waals surface area contributed by atoms with E-state index in [0.717, 1.165) is 51.9 Å². The number of rotatable bonds is 4. The SMILES string of the molecule is Cc1ccsc1CN1CCC(N2CCCC2C(=O)O)CC1. The average molecular weight is 308 g/mol. The van der Waals surface area contributed by atoms with E-state index >= 15 is 0 Å². The smallest absolute Gasteiger partial charge is 0.320 e. The zero-order chi connectivity index (χ0) is 14.8. The fraction of sp³-hybridized carbons (Fsp3) is 0.688. The van der Waals surface area contributed by atoms with Crippen molar-refractivity contribution < 1.29 is 9.90 Å². The summed E-state index contributed by atoms with van der Waals surface area (Å²) in [5.74, 6) is -0.635. The molecule has 0 saturated carbocycles. The second-order valence-electron chi connectivity index (χ2n) is 6.27. The summed E-state index contributed by atoms with van der Waals surface area (Å²) in [7, 11) is 0. The summed E-state index contributed by atoms with van der Waals surface area (Å²) in [6.45, 7) is 6.38. The van der Waals surface area contributed by atoms with Gasteiger partial charge < -0.3 is 5.11 Å². The van der Waals surface area contributed by atoms with E-state index in [-0.39, 0.29) is 6.04 Å². The highest BCUT2D eigenvalue weighted by atomic mass is 32.1. The van der Waals surface area contributed by atoms with Gasteiger partial charge in [-0.3, -0.25) is 14.6 Å². The van der Waals surface area contributed by atoms with Gasteiger partial charge in [0.15, 0.2) is 0 Å². The van der Waals surface area contributed by atoms with E-state index in [1.807, 2.05) is 11.3 Å². The Morgan fingerprint density at radius 2 is 2.10 bits per heavy atom. The van der Waals surface area contributed by atoms with Gasteiger partial charge >= 0.3 is 5.97 Å². The Labute approximate surface area is 130 Å². The highest BCUT2D eigenvalue weighted by Crippen LogP contribution is 2.27. The van der Waals surface area contributed by atoms with Crippen LogP contribution in [-0.4, -0.2) is 52.6 Å². The molecule has 1 unspecified atom stereocenters. The molecule has 1 N–H and O–H groups in total. The molecule has 2 aliphatic heterocycles. The van der Waals surface area contributed by atoms with Crippen LogP contribution in [0.1, 0.15) is 36.1 Å². The summed E-state index contributed by atoms with van der Waals surface area (Å²) in [6, 6.07) is 2.42. The molecule has 21 heavy (non-hydrogen) atoms. The molecule has 1 aromatic heterocycles. The molecule has 0 bridgehead atoms. The molecule has 0 spiro atoms. The second kappa shape index (κ2) is 6.46. The maximum absolute atomic E-state index is 11.3. The minimum Gasteiger partial charge on any atom is -0.480 e. The number of carbonyl (C=O) groups is 1. The Morgan fingerprint density at radius 1 is 1.33 bits per heavy atom. The normalized spacial score (nSPS) is 25.5. The van der Waals surface area contributed by atoms with Gasteiger partial charge in [0.2, 0.25) is 0 Å². The first kappa shape index (κ1) is 15.0. The van der Waals surface area contributed by atoms with E-state index in [0.29, 0.717) is 6.04 Å². The van der Waals surface area contributed by atoms with Gasteiger partial charge in [-0.1, -0.05) is 0 Å². The molecule has 1 atom stereocenters. The lowest BCUT2D eigenvalue weighted by molar-refractivity contribution is -0.143. The van der Waals surface area contributed by atoms with Crippen molar-refractivity contribution in [1.29, 1.82) is 0 Å². The van der Waals surface area contributed by atoms with Gasteiger partial charge in [0.1, 0.15) is 6.04 Å². The highest BCUT2D eigenvalue weighted by molar-refractivity contribution is 7.10. The minimum absolute atomic E-state index is 0.235. The van der Waals surface area contributed by atoms with Crippen LogP contribution in [0.4, 0.5) is 0 Å². The van der Waals surface area contributed by atoms with E-state index < -0.39 is 5.97 Å². The van der Waals surface area contributed by atoms with Crippen molar-refractivity contribution >= 4 is 17.3 Å². The van der Waals surface area contributed by atoms with Crippen LogP contribution < -0.4 is 0 Å². The molecule has 0 aliphatic carbocycles. The van der Waals surface area contributed by atoms with Crippen molar-refractivity contribution in [3.8, 4) is 0 Å². The van der Waals surface area contributed by atoms with Gasteiger partial charge in [0, 0.05) is 30.6 Å². The van der Waals surface area contributed by atoms with Crippen molar-refractivity contribution in [3.05, 3.63) is 21.9 Å². The van der Waals surface area contributed by atoms with Crippen LogP contribution in [0.5, 0.6) is 0 Å². The fourth-order valence-electron chi connectivity index (χ4n) is 3.67. The number of hydrogen-bond acceptors (Lipinski definition) is 4. The summed E-state index contributed by atoms with van der Waals surface area (Å²) in [6.07, 6.45) is 4.07. The van der Waals surface area contributed by atoms with E-state index in [1.54, 1.807) is 0 Å². The number of aliphatic carboxylic acids is 1. The monoisotopic (exact) mass is 308 g/mol. The molecule has 2 fully saturated rings. The molecule has 3 rings (SSSR count). The second-order valence-corrected chi connectivity index (χ2v) is 7.27. The van der Waals surface area contributed by atoms with Crippen LogP contribution >= 0.6 is 11.3 Å². The molecule has 116 valence electrons. The van der Waals surface area contributed by atoms with Gasteiger partial charge in [0.25, 0.3) is 0 Å². The number of hydrogen-bond donors (Lipinski definition) is 1. The van der Waals surface area contributed by atoms with Crippen molar-refractivity contribution in [2.24, 2.45) is 0 Å². The topological polar surface area (TPSA) is 43.8 Å². The lowest BCUT2D eigenvalue weighted by atomic mass is 10.0. The van der Waals surface area contributed by atoms with Gasteiger partial charge in [-0.05, 0) is 56.2 Å². The third-order valence-corrected chi connectivity index (χ3v) is 5.95. The molecule has 5 heteroatoms. The summed E-state index contributed by atoms with van der Waals surface area (Å²) in [5.41, 5.74) is 1.40. The standard InChI is InChI=1S/C16H24N2O2S/c1-12-6-10-21-15(12)11-17-8-4-13(5-9-17)18-7-2-3-14(18)16(19)20/h6,10,13-14H,2-5,7-9,11H2,1H3,(H,19,20). The largest absolute Gasteiger partial charge is 0.480 e. The quantitative estimate of drug-likeness (QED) is 0.928. The molecule has 4 nitrogen and oxygen atoms in total. The van der Waals surface area contributed by atoms with E-state index in [4.69, 9.17) is 0 Å². The Morgan fingerprint density at radius 3 is 2.71 bits per heavy atom. The Balaban J connectivity index is 1.53. The molecule has 3 heterocycles. The number of aryl methyl sites for hydroxylation is 1. The van der Waals surface area contributed by atoms with E-state index in [2.05, 4.69) is 28.2 Å². The Kier molecular flexibility index (Phi) is 4.62. The van der Waals surface area contributed by atoms with Crippen molar-refractivity contribution in [2.75, 3.05) is 19.6 Å². The third-order valence-electron chi connectivity index (χ3n) is 4.94. The van der Waals surface area contributed by atoms with Crippen molar-refractivity contribution in [3.63, 3.8) is 0 Å². The van der Waals surface area contributed by atoms with Crippen LogP contribution in [-0.2, 0) is 11.3 Å². The van der Waals surface area contributed by atoms with Crippen LogP contribution in [0.15, 0.2) is 11.4 Å². The first-order chi connectivity index (χ1) is 10.1. The summed E-state index contributed by atoms with van der Waals surface area (Å²) < 4.78 is 0. The molecule has 0 amide bonds. The Bertz CT molecular complexity index is 494. The fourth-order valence-corrected chi connectivity index (χ4v) is 4.62. The predicted octanol–water partition coefficient (Wildman–Crippen LogP) is 2.57. The van der Waals surface area contributed by atoms with Crippen molar-refractivity contribution in [1.82, 2.24) is 9.80 Å². The lowest BCUT2D eigenvalue weighted by Crippen LogP contribution is -2.48.